The fourth-order valence-electron chi connectivity index (χ4n) is 2.71. The molecule has 2 rings (SSSR count). The van der Waals surface area contributed by atoms with E-state index in [1.54, 1.807) is 0 Å². The minimum absolute atomic E-state index is 0.500. The second-order valence-corrected chi connectivity index (χ2v) is 5.98. The van der Waals surface area contributed by atoms with Crippen LogP contribution in [0.2, 0.25) is 0 Å². The van der Waals surface area contributed by atoms with Gasteiger partial charge in [-0.15, -0.1) is 0 Å². The summed E-state index contributed by atoms with van der Waals surface area (Å²) < 4.78 is 5.62. The lowest BCUT2D eigenvalue weighted by Crippen LogP contribution is -2.39. The van der Waals surface area contributed by atoms with Gasteiger partial charge >= 0.3 is 0 Å². The molecule has 2 heteroatoms. The van der Waals surface area contributed by atoms with Crippen molar-refractivity contribution >= 4 is 0 Å². The van der Waals surface area contributed by atoms with Crippen LogP contribution in [0.5, 0.6) is 0 Å². The van der Waals surface area contributed by atoms with Crippen molar-refractivity contribution in [1.29, 1.82) is 0 Å². The van der Waals surface area contributed by atoms with Crippen molar-refractivity contribution < 1.29 is 4.74 Å². The van der Waals surface area contributed by atoms with E-state index in [0.29, 0.717) is 11.5 Å². The van der Waals surface area contributed by atoms with Crippen LogP contribution in [0.15, 0.2) is 0 Å². The predicted molar refractivity (Wildman–Crippen MR) is 63.0 cm³/mol. The standard InChI is InChI=1S/C13H25NO/c1-13(2)7-5-11(6-8-13)14-10-12-4-3-9-15-12/h11-12,14H,3-10H2,1-2H3/t12-/m0/s1. The highest BCUT2D eigenvalue weighted by atomic mass is 16.5. The summed E-state index contributed by atoms with van der Waals surface area (Å²) in [5.74, 6) is 0. The molecule has 1 N–H and O–H groups in total. The van der Waals surface area contributed by atoms with Gasteiger partial charge in [0.2, 0.25) is 0 Å². The molecule has 0 amide bonds. The number of hydrogen-bond acceptors (Lipinski definition) is 2. The van der Waals surface area contributed by atoms with Gasteiger partial charge in [0, 0.05) is 19.2 Å². The molecule has 1 saturated heterocycles. The topological polar surface area (TPSA) is 21.3 Å². The van der Waals surface area contributed by atoms with E-state index >= 15 is 0 Å². The summed E-state index contributed by atoms with van der Waals surface area (Å²) in [5, 5.41) is 3.68. The number of ether oxygens (including phenoxy) is 1. The zero-order chi connectivity index (χ0) is 10.7. The van der Waals surface area contributed by atoms with E-state index in [4.69, 9.17) is 4.74 Å². The molecule has 0 radical (unpaired) electrons. The fourth-order valence-corrected chi connectivity index (χ4v) is 2.71. The van der Waals surface area contributed by atoms with Gasteiger partial charge in [0.05, 0.1) is 6.10 Å². The molecule has 1 atom stereocenters. The Bertz CT molecular complexity index is 187. The maximum absolute atomic E-state index is 5.62. The van der Waals surface area contributed by atoms with Crippen LogP contribution in [-0.2, 0) is 4.74 Å². The van der Waals surface area contributed by atoms with Crippen molar-refractivity contribution in [2.24, 2.45) is 5.41 Å². The molecule has 1 aliphatic carbocycles. The summed E-state index contributed by atoms with van der Waals surface area (Å²) in [6.45, 7) is 6.84. The molecule has 1 heterocycles. The van der Waals surface area contributed by atoms with E-state index in [2.05, 4.69) is 19.2 Å². The van der Waals surface area contributed by atoms with Gasteiger partial charge in [-0.25, -0.2) is 0 Å². The molecular weight excluding hydrogens is 186 g/mol. The Morgan fingerprint density at radius 2 is 1.93 bits per heavy atom. The third kappa shape index (κ3) is 3.46. The van der Waals surface area contributed by atoms with Crippen LogP contribution in [0.4, 0.5) is 0 Å². The van der Waals surface area contributed by atoms with Gasteiger partial charge < -0.3 is 10.1 Å². The van der Waals surface area contributed by atoms with E-state index < -0.39 is 0 Å². The average molecular weight is 211 g/mol. The molecule has 0 aromatic heterocycles. The largest absolute Gasteiger partial charge is 0.377 e. The van der Waals surface area contributed by atoms with E-state index in [0.717, 1.165) is 19.2 Å². The third-order valence-electron chi connectivity index (χ3n) is 4.00. The van der Waals surface area contributed by atoms with Crippen LogP contribution in [-0.4, -0.2) is 25.3 Å². The SMILES string of the molecule is CC1(C)CCC(NC[C@@H]2CCCO2)CC1. The Hall–Kier alpha value is -0.0800. The van der Waals surface area contributed by atoms with Crippen molar-refractivity contribution in [1.82, 2.24) is 5.32 Å². The van der Waals surface area contributed by atoms with E-state index in [1.807, 2.05) is 0 Å². The minimum atomic E-state index is 0.500. The van der Waals surface area contributed by atoms with Gasteiger partial charge in [-0.2, -0.15) is 0 Å². The monoisotopic (exact) mass is 211 g/mol. The first-order valence-corrected chi connectivity index (χ1v) is 6.51. The smallest absolute Gasteiger partial charge is 0.0700 e. The minimum Gasteiger partial charge on any atom is -0.377 e. The number of nitrogens with one attached hydrogen (secondary N) is 1. The van der Waals surface area contributed by atoms with Crippen molar-refractivity contribution in [2.75, 3.05) is 13.2 Å². The molecule has 2 nitrogen and oxygen atoms in total. The molecule has 2 fully saturated rings. The highest BCUT2D eigenvalue weighted by Gasteiger charge is 2.27. The van der Waals surface area contributed by atoms with Crippen molar-refractivity contribution in [3.8, 4) is 0 Å². The second kappa shape index (κ2) is 4.84. The molecule has 0 spiro atoms. The molecule has 2 aliphatic rings. The van der Waals surface area contributed by atoms with Crippen LogP contribution < -0.4 is 5.32 Å². The predicted octanol–water partition coefficient (Wildman–Crippen LogP) is 2.72. The fraction of sp³-hybridized carbons (Fsp3) is 1.00. The summed E-state index contributed by atoms with van der Waals surface area (Å²) in [6.07, 6.45) is 8.45. The van der Waals surface area contributed by atoms with Crippen LogP contribution in [0.3, 0.4) is 0 Å². The van der Waals surface area contributed by atoms with E-state index in [-0.39, 0.29) is 0 Å². The molecule has 88 valence electrons. The maximum Gasteiger partial charge on any atom is 0.0700 e. The van der Waals surface area contributed by atoms with Crippen molar-refractivity contribution in [3.63, 3.8) is 0 Å². The molecular formula is C13H25NO. The Morgan fingerprint density at radius 3 is 2.53 bits per heavy atom. The van der Waals surface area contributed by atoms with E-state index in [9.17, 15) is 0 Å². The molecule has 1 saturated carbocycles. The summed E-state index contributed by atoms with van der Waals surface area (Å²) in [5.41, 5.74) is 0.585. The maximum atomic E-state index is 5.62. The van der Waals surface area contributed by atoms with Crippen LogP contribution in [0, 0.1) is 5.41 Å². The molecule has 0 aromatic rings. The zero-order valence-electron chi connectivity index (χ0n) is 10.2. The van der Waals surface area contributed by atoms with Gasteiger partial charge in [0.15, 0.2) is 0 Å². The van der Waals surface area contributed by atoms with Crippen molar-refractivity contribution in [2.45, 2.75) is 64.5 Å². The molecule has 1 aliphatic heterocycles. The second-order valence-electron chi connectivity index (χ2n) is 5.98. The highest BCUT2D eigenvalue weighted by molar-refractivity contribution is 4.83. The summed E-state index contributed by atoms with van der Waals surface area (Å²) in [7, 11) is 0. The normalized spacial score (nSPS) is 32.0. The van der Waals surface area contributed by atoms with Crippen LogP contribution in [0.1, 0.15) is 52.4 Å². The lowest BCUT2D eigenvalue weighted by Gasteiger charge is -2.35. The lowest BCUT2D eigenvalue weighted by atomic mass is 9.75. The summed E-state index contributed by atoms with van der Waals surface area (Å²) in [6, 6.07) is 0.752. The van der Waals surface area contributed by atoms with Gasteiger partial charge in [-0.3, -0.25) is 0 Å². The Morgan fingerprint density at radius 1 is 1.20 bits per heavy atom. The molecule has 0 unspecified atom stereocenters. The summed E-state index contributed by atoms with van der Waals surface area (Å²) >= 11 is 0. The zero-order valence-corrected chi connectivity index (χ0v) is 10.2. The van der Waals surface area contributed by atoms with Gasteiger partial charge in [-0.05, 0) is 43.9 Å². The van der Waals surface area contributed by atoms with Crippen molar-refractivity contribution in [3.05, 3.63) is 0 Å². The molecule has 0 bridgehead atoms. The third-order valence-corrected chi connectivity index (χ3v) is 4.00. The first kappa shape index (κ1) is 11.4. The molecule has 0 aromatic carbocycles. The average Bonchev–Trinajstić information content (AvgIpc) is 2.69. The molecule has 15 heavy (non-hydrogen) atoms. The number of rotatable bonds is 3. The summed E-state index contributed by atoms with van der Waals surface area (Å²) in [4.78, 5) is 0. The van der Waals surface area contributed by atoms with Gasteiger partial charge in [-0.1, -0.05) is 13.8 Å². The van der Waals surface area contributed by atoms with Gasteiger partial charge in [0.25, 0.3) is 0 Å². The lowest BCUT2D eigenvalue weighted by molar-refractivity contribution is 0.102. The van der Waals surface area contributed by atoms with Crippen LogP contribution in [0.25, 0.3) is 0 Å². The Labute approximate surface area is 93.8 Å². The first-order valence-electron chi connectivity index (χ1n) is 6.51. The highest BCUT2D eigenvalue weighted by Crippen LogP contribution is 2.34. The van der Waals surface area contributed by atoms with Crippen LogP contribution >= 0.6 is 0 Å². The number of hydrogen-bond donors (Lipinski definition) is 1. The van der Waals surface area contributed by atoms with Gasteiger partial charge in [0.1, 0.15) is 0 Å². The van der Waals surface area contributed by atoms with E-state index in [1.165, 1.54) is 38.5 Å². The first-order chi connectivity index (χ1) is 7.16. The Kier molecular flexibility index (Phi) is 3.68. The Balaban J connectivity index is 1.64. The quantitative estimate of drug-likeness (QED) is 0.775.